The number of amides is 2. The van der Waals surface area contributed by atoms with E-state index < -0.39 is 23.5 Å². The molecule has 8 heteroatoms. The summed E-state index contributed by atoms with van der Waals surface area (Å²) in [6, 6.07) is 1.06. The highest BCUT2D eigenvalue weighted by Crippen LogP contribution is 2.18. The van der Waals surface area contributed by atoms with Crippen molar-refractivity contribution in [2.24, 2.45) is 11.7 Å². The van der Waals surface area contributed by atoms with Crippen LogP contribution in [0.15, 0.2) is 10.6 Å². The van der Waals surface area contributed by atoms with Crippen molar-refractivity contribution in [1.29, 1.82) is 0 Å². The van der Waals surface area contributed by atoms with Crippen LogP contribution in [0.3, 0.4) is 0 Å². The number of likely N-dealkylation sites (tertiary alicyclic amines) is 1. The lowest BCUT2D eigenvalue weighted by Gasteiger charge is -2.13. The van der Waals surface area contributed by atoms with Gasteiger partial charge in [0, 0.05) is 19.2 Å². The maximum atomic E-state index is 11.9. The second kappa shape index (κ2) is 4.47. The zero-order valence-electron chi connectivity index (χ0n) is 9.33. The van der Waals surface area contributed by atoms with Gasteiger partial charge in [-0.05, 0) is 6.42 Å². The molecule has 1 atom stereocenters. The van der Waals surface area contributed by atoms with Gasteiger partial charge in [0.1, 0.15) is 0 Å². The molecule has 1 saturated heterocycles. The van der Waals surface area contributed by atoms with E-state index in [9.17, 15) is 14.4 Å². The third-order valence-electron chi connectivity index (χ3n) is 2.82. The molecule has 0 aromatic carbocycles. The lowest BCUT2D eigenvalue weighted by Crippen LogP contribution is -2.31. The Hall–Kier alpha value is -2.38. The summed E-state index contributed by atoms with van der Waals surface area (Å²) in [6.45, 7) is 0.616. The maximum Gasteiger partial charge on any atom is 0.374 e. The van der Waals surface area contributed by atoms with E-state index in [0.717, 1.165) is 6.07 Å². The molecule has 1 fully saturated rings. The maximum absolute atomic E-state index is 11.9. The highest BCUT2D eigenvalue weighted by Gasteiger charge is 2.31. The lowest BCUT2D eigenvalue weighted by molar-refractivity contribution is -0.121. The Kier molecular flexibility index (Phi) is 3.00. The molecule has 1 aliphatic rings. The number of aromatic nitrogens is 1. The molecule has 0 bridgehead atoms. The van der Waals surface area contributed by atoms with Crippen LogP contribution in [0.5, 0.6) is 0 Å². The van der Waals surface area contributed by atoms with Gasteiger partial charge in [0.2, 0.25) is 11.7 Å². The van der Waals surface area contributed by atoms with Crippen LogP contribution in [0.2, 0.25) is 0 Å². The first-order valence-corrected chi connectivity index (χ1v) is 5.27. The van der Waals surface area contributed by atoms with Crippen molar-refractivity contribution >= 4 is 17.8 Å². The normalized spacial score (nSPS) is 18.9. The van der Waals surface area contributed by atoms with Crippen LogP contribution in [0.25, 0.3) is 0 Å². The summed E-state index contributed by atoms with van der Waals surface area (Å²) in [5.74, 6) is -2.96. The first-order chi connectivity index (χ1) is 8.49. The van der Waals surface area contributed by atoms with Gasteiger partial charge < -0.3 is 20.3 Å². The number of carboxylic acids is 1. The fourth-order valence-corrected chi connectivity index (χ4v) is 1.82. The van der Waals surface area contributed by atoms with Gasteiger partial charge in [0.15, 0.2) is 5.69 Å². The van der Waals surface area contributed by atoms with Gasteiger partial charge in [0.05, 0.1) is 5.92 Å². The first-order valence-electron chi connectivity index (χ1n) is 5.27. The van der Waals surface area contributed by atoms with Crippen molar-refractivity contribution in [3.63, 3.8) is 0 Å². The number of aromatic carboxylic acids is 1. The zero-order valence-corrected chi connectivity index (χ0v) is 9.33. The molecule has 0 radical (unpaired) electrons. The number of nitrogens with two attached hydrogens (primary N) is 1. The van der Waals surface area contributed by atoms with E-state index >= 15 is 0 Å². The molecule has 18 heavy (non-hydrogen) atoms. The van der Waals surface area contributed by atoms with Crippen LogP contribution < -0.4 is 5.73 Å². The SMILES string of the molecule is NC(=O)C1CCN(C(=O)c2cc(C(=O)O)on2)C1. The average molecular weight is 253 g/mol. The number of carbonyl (C=O) groups is 3. The fraction of sp³-hybridized carbons (Fsp3) is 0.400. The highest BCUT2D eigenvalue weighted by atomic mass is 16.5. The quantitative estimate of drug-likeness (QED) is 0.734. The van der Waals surface area contributed by atoms with E-state index in [2.05, 4.69) is 9.68 Å². The van der Waals surface area contributed by atoms with Crippen LogP contribution >= 0.6 is 0 Å². The molecule has 2 amide bonds. The molecule has 1 aromatic heterocycles. The Labute approximate surface area is 101 Å². The smallest absolute Gasteiger partial charge is 0.374 e. The Bertz CT molecular complexity index is 509. The molecule has 1 aliphatic heterocycles. The standard InChI is InChI=1S/C10H11N3O5/c11-8(14)5-1-2-13(4-5)9(15)6-3-7(10(16)17)18-12-6/h3,5H,1-2,4H2,(H2,11,14)(H,16,17). The first kappa shape index (κ1) is 12.1. The minimum Gasteiger partial charge on any atom is -0.475 e. The zero-order chi connectivity index (χ0) is 13.3. The molecule has 2 heterocycles. The Balaban J connectivity index is 2.08. The number of nitrogens with zero attached hydrogens (tertiary/aromatic N) is 2. The minimum absolute atomic E-state index is 0.0856. The van der Waals surface area contributed by atoms with E-state index in [1.807, 2.05) is 0 Å². The molecular weight excluding hydrogens is 242 g/mol. The van der Waals surface area contributed by atoms with Gasteiger partial charge >= 0.3 is 5.97 Å². The van der Waals surface area contributed by atoms with Crippen LogP contribution in [-0.2, 0) is 4.79 Å². The van der Waals surface area contributed by atoms with E-state index in [1.54, 1.807) is 0 Å². The summed E-state index contributed by atoms with van der Waals surface area (Å²) in [7, 11) is 0. The predicted molar refractivity (Wildman–Crippen MR) is 56.7 cm³/mol. The second-order valence-electron chi connectivity index (χ2n) is 4.02. The second-order valence-corrected chi connectivity index (χ2v) is 4.02. The predicted octanol–water partition coefficient (Wildman–Crippen LogP) is -0.680. The van der Waals surface area contributed by atoms with Gasteiger partial charge in [-0.15, -0.1) is 0 Å². The van der Waals surface area contributed by atoms with Crippen molar-refractivity contribution in [3.8, 4) is 0 Å². The van der Waals surface area contributed by atoms with Crippen LogP contribution in [-0.4, -0.2) is 46.0 Å². The molecule has 96 valence electrons. The molecular formula is C10H11N3O5. The van der Waals surface area contributed by atoms with Crippen molar-refractivity contribution in [2.45, 2.75) is 6.42 Å². The van der Waals surface area contributed by atoms with Crippen LogP contribution in [0.1, 0.15) is 27.5 Å². The molecule has 8 nitrogen and oxygen atoms in total. The Morgan fingerprint density at radius 2 is 2.22 bits per heavy atom. The Morgan fingerprint density at radius 1 is 1.50 bits per heavy atom. The topological polar surface area (TPSA) is 127 Å². The van der Waals surface area contributed by atoms with Gasteiger partial charge in [-0.2, -0.15) is 0 Å². The van der Waals surface area contributed by atoms with Crippen molar-refractivity contribution < 1.29 is 24.0 Å². The molecule has 2 rings (SSSR count). The van der Waals surface area contributed by atoms with E-state index in [1.165, 1.54) is 4.90 Å². The van der Waals surface area contributed by atoms with Gasteiger partial charge in [0.25, 0.3) is 5.91 Å². The molecule has 0 saturated carbocycles. The summed E-state index contributed by atoms with van der Waals surface area (Å²) in [4.78, 5) is 34.9. The van der Waals surface area contributed by atoms with Gasteiger partial charge in [-0.3, -0.25) is 9.59 Å². The summed E-state index contributed by atoms with van der Waals surface area (Å²) >= 11 is 0. The molecule has 1 unspecified atom stereocenters. The monoisotopic (exact) mass is 253 g/mol. The van der Waals surface area contributed by atoms with E-state index in [-0.39, 0.29) is 18.2 Å². The summed E-state index contributed by atoms with van der Waals surface area (Å²) in [6.07, 6.45) is 0.505. The number of carboxylic acid groups (broad SMARTS) is 1. The van der Waals surface area contributed by atoms with Crippen LogP contribution in [0.4, 0.5) is 0 Å². The highest BCUT2D eigenvalue weighted by molar-refractivity contribution is 5.95. The summed E-state index contributed by atoms with van der Waals surface area (Å²) in [5.41, 5.74) is 5.07. The molecule has 0 aliphatic carbocycles. The third-order valence-corrected chi connectivity index (χ3v) is 2.82. The van der Waals surface area contributed by atoms with Gasteiger partial charge in [-0.25, -0.2) is 4.79 Å². The largest absolute Gasteiger partial charge is 0.475 e. The summed E-state index contributed by atoms with van der Waals surface area (Å²) < 4.78 is 4.49. The summed E-state index contributed by atoms with van der Waals surface area (Å²) in [5, 5.41) is 12.0. The Morgan fingerprint density at radius 3 is 2.72 bits per heavy atom. The number of carbonyl (C=O) groups excluding carboxylic acids is 2. The number of hydrogen-bond donors (Lipinski definition) is 2. The van der Waals surface area contributed by atoms with Gasteiger partial charge in [-0.1, -0.05) is 5.16 Å². The van der Waals surface area contributed by atoms with Crippen molar-refractivity contribution in [1.82, 2.24) is 10.1 Å². The molecule has 0 spiro atoms. The molecule has 3 N–H and O–H groups in total. The molecule has 1 aromatic rings. The van der Waals surface area contributed by atoms with Crippen molar-refractivity contribution in [3.05, 3.63) is 17.5 Å². The number of hydrogen-bond acceptors (Lipinski definition) is 5. The number of primary amides is 1. The van der Waals surface area contributed by atoms with Crippen LogP contribution in [0, 0.1) is 5.92 Å². The van der Waals surface area contributed by atoms with Crippen molar-refractivity contribution in [2.75, 3.05) is 13.1 Å². The third kappa shape index (κ3) is 2.17. The minimum atomic E-state index is -1.29. The number of rotatable bonds is 3. The fourth-order valence-electron chi connectivity index (χ4n) is 1.82. The lowest BCUT2D eigenvalue weighted by atomic mass is 10.1. The van der Waals surface area contributed by atoms with E-state index in [4.69, 9.17) is 10.8 Å². The average Bonchev–Trinajstić information content (AvgIpc) is 2.97. The van der Waals surface area contributed by atoms with E-state index in [0.29, 0.717) is 13.0 Å².